The van der Waals surface area contributed by atoms with Gasteiger partial charge in [0.1, 0.15) is 5.82 Å². The molecule has 0 N–H and O–H groups in total. The fourth-order valence-corrected chi connectivity index (χ4v) is 2.57. The van der Waals surface area contributed by atoms with Crippen molar-refractivity contribution in [1.82, 2.24) is 9.78 Å². The van der Waals surface area contributed by atoms with Gasteiger partial charge in [0.15, 0.2) is 0 Å². The average Bonchev–Trinajstić information content (AvgIpc) is 2.97. The minimum Gasteiger partial charge on any atom is -0.241 e. The molecule has 0 aliphatic rings. The third-order valence-corrected chi connectivity index (χ3v) is 4.11. The van der Waals surface area contributed by atoms with Crippen LogP contribution in [0.5, 0.6) is 0 Å². The monoisotopic (exact) mass is 330 g/mol. The molecule has 0 saturated heterocycles. The second-order valence-electron chi connectivity index (χ2n) is 4.47. The summed E-state index contributed by atoms with van der Waals surface area (Å²) in [4.78, 5) is -0.0735. The van der Waals surface area contributed by atoms with Gasteiger partial charge in [-0.05, 0) is 29.8 Å². The summed E-state index contributed by atoms with van der Waals surface area (Å²) in [5.41, 5.74) is 2.86. The van der Waals surface area contributed by atoms with Gasteiger partial charge in [-0.25, -0.2) is 9.07 Å². The summed E-state index contributed by atoms with van der Waals surface area (Å²) in [6.45, 7) is 0. The van der Waals surface area contributed by atoms with Crippen LogP contribution in [0.2, 0.25) is 0 Å². The first-order valence-electron chi connectivity index (χ1n) is 6.23. The number of hydrogen-bond acceptors (Lipinski definition) is 1. The molecule has 1 atom stereocenters. The van der Waals surface area contributed by atoms with E-state index in [0.29, 0.717) is 0 Å². The molecule has 0 radical (unpaired) electrons. The van der Waals surface area contributed by atoms with Crippen molar-refractivity contribution in [3.05, 3.63) is 83.9 Å². The molecule has 0 amide bonds. The molecule has 2 aromatic carbocycles. The van der Waals surface area contributed by atoms with E-state index in [9.17, 15) is 4.39 Å². The Hall–Kier alpha value is -1.94. The largest absolute Gasteiger partial charge is 0.241 e. The lowest BCUT2D eigenvalue weighted by Gasteiger charge is -2.07. The molecule has 3 aromatic rings. The summed E-state index contributed by atoms with van der Waals surface area (Å²) in [6, 6.07) is 16.4. The van der Waals surface area contributed by atoms with Gasteiger partial charge >= 0.3 is 0 Å². The van der Waals surface area contributed by atoms with Crippen molar-refractivity contribution in [2.45, 2.75) is 4.83 Å². The highest BCUT2D eigenvalue weighted by atomic mass is 79.9. The maximum absolute atomic E-state index is 13.3. The second kappa shape index (κ2) is 5.59. The zero-order chi connectivity index (χ0) is 13.9. The van der Waals surface area contributed by atoms with Gasteiger partial charge in [0.2, 0.25) is 0 Å². The summed E-state index contributed by atoms with van der Waals surface area (Å²) >= 11 is 3.59. The number of aromatic nitrogens is 2. The van der Waals surface area contributed by atoms with E-state index >= 15 is 0 Å². The number of alkyl halides is 1. The molecule has 2 nitrogen and oxygen atoms in total. The van der Waals surface area contributed by atoms with E-state index in [4.69, 9.17) is 0 Å². The van der Waals surface area contributed by atoms with E-state index in [2.05, 4.69) is 21.0 Å². The van der Waals surface area contributed by atoms with Gasteiger partial charge in [-0.15, -0.1) is 0 Å². The van der Waals surface area contributed by atoms with Crippen LogP contribution in [0.3, 0.4) is 0 Å². The molecule has 0 bridgehead atoms. The number of benzene rings is 2. The summed E-state index contributed by atoms with van der Waals surface area (Å²) < 4.78 is 15.1. The fraction of sp³-hybridized carbons (Fsp3) is 0.0625. The van der Waals surface area contributed by atoms with Crippen molar-refractivity contribution in [2.75, 3.05) is 0 Å². The highest BCUT2D eigenvalue weighted by Crippen LogP contribution is 2.31. The Kier molecular flexibility index (Phi) is 3.65. The first kappa shape index (κ1) is 13.1. The lowest BCUT2D eigenvalue weighted by Crippen LogP contribution is -1.94. The normalized spacial score (nSPS) is 12.3. The van der Waals surface area contributed by atoms with Crippen LogP contribution in [-0.2, 0) is 0 Å². The molecule has 1 aromatic heterocycles. The molecule has 0 aliphatic heterocycles. The Morgan fingerprint density at radius 1 is 1.00 bits per heavy atom. The SMILES string of the molecule is Fc1cccc(C(Br)c2cnn(-c3ccccc3)c2)c1. The quantitative estimate of drug-likeness (QED) is 0.647. The van der Waals surface area contributed by atoms with Gasteiger partial charge in [-0.3, -0.25) is 0 Å². The van der Waals surface area contributed by atoms with E-state index in [1.54, 1.807) is 12.3 Å². The summed E-state index contributed by atoms with van der Waals surface area (Å²) in [5.74, 6) is -0.234. The standard InChI is InChI=1S/C16H12BrFN2/c17-16(12-5-4-6-14(18)9-12)13-10-19-20(11-13)15-7-2-1-3-8-15/h1-11,16H. The summed E-state index contributed by atoms with van der Waals surface area (Å²) in [7, 11) is 0. The average molecular weight is 331 g/mol. The number of hydrogen-bond donors (Lipinski definition) is 0. The van der Waals surface area contributed by atoms with E-state index < -0.39 is 0 Å². The van der Waals surface area contributed by atoms with Crippen molar-refractivity contribution in [1.29, 1.82) is 0 Å². The zero-order valence-electron chi connectivity index (χ0n) is 10.6. The van der Waals surface area contributed by atoms with Crippen LogP contribution in [0.4, 0.5) is 4.39 Å². The number of halogens is 2. The number of para-hydroxylation sites is 1. The fourth-order valence-electron chi connectivity index (χ4n) is 2.05. The third kappa shape index (κ3) is 2.65. The van der Waals surface area contributed by atoms with Gasteiger partial charge < -0.3 is 0 Å². The minimum atomic E-state index is -0.234. The Balaban J connectivity index is 1.90. The molecule has 0 spiro atoms. The van der Waals surface area contributed by atoms with E-state index in [-0.39, 0.29) is 10.6 Å². The molecule has 0 saturated carbocycles. The van der Waals surface area contributed by atoms with Gasteiger partial charge in [0.05, 0.1) is 16.7 Å². The van der Waals surface area contributed by atoms with Crippen molar-refractivity contribution in [2.24, 2.45) is 0 Å². The summed E-state index contributed by atoms with van der Waals surface area (Å²) in [6.07, 6.45) is 3.73. The zero-order valence-corrected chi connectivity index (χ0v) is 12.2. The molecule has 0 aliphatic carbocycles. The number of nitrogens with zero attached hydrogens (tertiary/aromatic N) is 2. The molecule has 20 heavy (non-hydrogen) atoms. The van der Waals surface area contributed by atoms with Crippen LogP contribution in [-0.4, -0.2) is 9.78 Å². The highest BCUT2D eigenvalue weighted by Gasteiger charge is 2.13. The molecule has 1 unspecified atom stereocenters. The molecular formula is C16H12BrFN2. The first-order chi connectivity index (χ1) is 9.74. The van der Waals surface area contributed by atoms with Crippen molar-refractivity contribution < 1.29 is 4.39 Å². The molecule has 0 fully saturated rings. The molecule has 3 rings (SSSR count). The van der Waals surface area contributed by atoms with Crippen molar-refractivity contribution in [3.8, 4) is 5.69 Å². The number of rotatable bonds is 3. The lowest BCUT2D eigenvalue weighted by molar-refractivity contribution is 0.626. The van der Waals surface area contributed by atoms with Crippen LogP contribution < -0.4 is 0 Å². The van der Waals surface area contributed by atoms with E-state index in [1.165, 1.54) is 12.1 Å². The topological polar surface area (TPSA) is 17.8 Å². The predicted octanol–water partition coefficient (Wildman–Crippen LogP) is 4.50. The van der Waals surface area contributed by atoms with Crippen LogP contribution in [0.1, 0.15) is 16.0 Å². The third-order valence-electron chi connectivity index (χ3n) is 3.06. The Labute approximate surface area is 125 Å². The maximum Gasteiger partial charge on any atom is 0.123 e. The summed E-state index contributed by atoms with van der Waals surface area (Å²) in [5, 5.41) is 4.35. The van der Waals surface area contributed by atoms with Crippen molar-refractivity contribution in [3.63, 3.8) is 0 Å². The smallest absolute Gasteiger partial charge is 0.123 e. The highest BCUT2D eigenvalue weighted by molar-refractivity contribution is 9.09. The molecule has 100 valence electrons. The second-order valence-corrected chi connectivity index (χ2v) is 5.39. The lowest BCUT2D eigenvalue weighted by atomic mass is 10.1. The first-order valence-corrected chi connectivity index (χ1v) is 7.15. The van der Waals surface area contributed by atoms with E-state index in [0.717, 1.165) is 16.8 Å². The molecule has 4 heteroatoms. The van der Waals surface area contributed by atoms with Crippen LogP contribution in [0.15, 0.2) is 67.0 Å². The molecule has 1 heterocycles. The Morgan fingerprint density at radius 3 is 2.55 bits per heavy atom. The minimum absolute atomic E-state index is 0.0735. The van der Waals surface area contributed by atoms with E-state index in [1.807, 2.05) is 47.3 Å². The van der Waals surface area contributed by atoms with Gasteiger partial charge in [0.25, 0.3) is 0 Å². The van der Waals surface area contributed by atoms with Crippen LogP contribution >= 0.6 is 15.9 Å². The predicted molar refractivity (Wildman–Crippen MR) is 80.7 cm³/mol. The van der Waals surface area contributed by atoms with Crippen molar-refractivity contribution >= 4 is 15.9 Å². The van der Waals surface area contributed by atoms with Gasteiger partial charge in [-0.1, -0.05) is 46.3 Å². The van der Waals surface area contributed by atoms with Crippen LogP contribution in [0, 0.1) is 5.82 Å². The molecular weight excluding hydrogens is 319 g/mol. The maximum atomic E-state index is 13.3. The van der Waals surface area contributed by atoms with Gasteiger partial charge in [-0.2, -0.15) is 5.10 Å². The van der Waals surface area contributed by atoms with Crippen LogP contribution in [0.25, 0.3) is 5.69 Å². The Bertz CT molecular complexity index is 709. The Morgan fingerprint density at radius 2 is 1.80 bits per heavy atom. The van der Waals surface area contributed by atoms with Gasteiger partial charge in [0, 0.05) is 11.8 Å².